The lowest BCUT2D eigenvalue weighted by atomic mass is 10.3. The van der Waals surface area contributed by atoms with Gasteiger partial charge in [0.05, 0.1) is 23.0 Å². The number of benzene rings is 1. The molecular formula is C20H23N5O4S3. The predicted molar refractivity (Wildman–Crippen MR) is 124 cm³/mol. The number of hydrogen-bond donors (Lipinski definition) is 2. The number of nitrogens with one attached hydrogen (secondary N) is 2. The van der Waals surface area contributed by atoms with Gasteiger partial charge in [-0.3, -0.25) is 4.79 Å². The molecule has 1 amide bonds. The third-order valence-electron chi connectivity index (χ3n) is 4.87. The van der Waals surface area contributed by atoms with Gasteiger partial charge in [-0.2, -0.15) is 4.31 Å². The topological polar surface area (TPSA) is 117 Å². The van der Waals surface area contributed by atoms with Gasteiger partial charge in [-0.1, -0.05) is 23.1 Å². The Bertz CT molecular complexity index is 1140. The molecule has 3 heterocycles. The van der Waals surface area contributed by atoms with Crippen LogP contribution in [0.1, 0.15) is 25.5 Å². The lowest BCUT2D eigenvalue weighted by Crippen LogP contribution is -2.27. The molecule has 12 heteroatoms. The number of amides is 1. The molecule has 0 spiro atoms. The second kappa shape index (κ2) is 10.0. The molecule has 0 aliphatic carbocycles. The Morgan fingerprint density at radius 1 is 1.22 bits per heavy atom. The third-order valence-corrected chi connectivity index (χ3v) is 8.85. The molecule has 2 N–H and O–H groups in total. The van der Waals surface area contributed by atoms with E-state index >= 15 is 0 Å². The number of anilines is 2. The zero-order valence-electron chi connectivity index (χ0n) is 17.4. The monoisotopic (exact) mass is 493 g/mol. The van der Waals surface area contributed by atoms with E-state index in [0.717, 1.165) is 18.6 Å². The van der Waals surface area contributed by atoms with Gasteiger partial charge in [0.2, 0.25) is 21.1 Å². The summed E-state index contributed by atoms with van der Waals surface area (Å²) in [6.45, 7) is 3.40. The van der Waals surface area contributed by atoms with Gasteiger partial charge < -0.3 is 15.1 Å². The fourth-order valence-corrected chi connectivity index (χ4v) is 6.55. The van der Waals surface area contributed by atoms with Gasteiger partial charge in [0.1, 0.15) is 5.76 Å². The molecule has 0 saturated carbocycles. The van der Waals surface area contributed by atoms with Crippen molar-refractivity contribution in [1.82, 2.24) is 14.5 Å². The molecule has 0 bridgehead atoms. The molecule has 170 valence electrons. The number of carbonyl (C=O) groups is 1. The van der Waals surface area contributed by atoms with E-state index in [0.29, 0.717) is 34.8 Å². The minimum absolute atomic E-state index is 0.203. The first-order valence-corrected chi connectivity index (χ1v) is 13.2. The van der Waals surface area contributed by atoms with Crippen molar-refractivity contribution in [2.75, 3.05) is 23.7 Å². The average Bonchev–Trinajstić information content (AvgIpc) is 3.55. The van der Waals surface area contributed by atoms with E-state index in [4.69, 9.17) is 4.42 Å². The van der Waals surface area contributed by atoms with Crippen LogP contribution < -0.4 is 10.6 Å². The predicted octanol–water partition coefficient (Wildman–Crippen LogP) is 3.65. The molecule has 0 unspecified atom stereocenters. The maximum absolute atomic E-state index is 12.6. The Labute approximate surface area is 194 Å². The Morgan fingerprint density at radius 3 is 2.66 bits per heavy atom. The van der Waals surface area contributed by atoms with Gasteiger partial charge in [0.25, 0.3) is 0 Å². The van der Waals surface area contributed by atoms with Gasteiger partial charge >= 0.3 is 0 Å². The Kier molecular flexibility index (Phi) is 7.13. The van der Waals surface area contributed by atoms with Crippen molar-refractivity contribution in [3.8, 4) is 0 Å². The van der Waals surface area contributed by atoms with Crippen molar-refractivity contribution in [2.24, 2.45) is 0 Å². The SMILES string of the molecule is C[C@@H](Sc1nnc(NCc2ccco2)s1)C(=O)Nc1ccc(S(=O)(=O)N2CCCC2)cc1. The summed E-state index contributed by atoms with van der Waals surface area (Å²) in [6, 6.07) is 9.97. The molecule has 32 heavy (non-hydrogen) atoms. The van der Waals surface area contributed by atoms with Crippen LogP contribution in [-0.2, 0) is 21.4 Å². The number of hydrogen-bond acceptors (Lipinski definition) is 9. The summed E-state index contributed by atoms with van der Waals surface area (Å²) in [6.07, 6.45) is 3.39. The van der Waals surface area contributed by atoms with E-state index in [-0.39, 0.29) is 10.8 Å². The number of furan rings is 1. The molecule has 1 aromatic carbocycles. The first kappa shape index (κ1) is 22.8. The minimum Gasteiger partial charge on any atom is -0.467 e. The molecule has 2 aromatic heterocycles. The molecule has 4 rings (SSSR count). The van der Waals surface area contributed by atoms with Crippen molar-refractivity contribution in [3.63, 3.8) is 0 Å². The quantitative estimate of drug-likeness (QED) is 0.434. The van der Waals surface area contributed by atoms with Crippen LogP contribution in [0.3, 0.4) is 0 Å². The Balaban J connectivity index is 1.30. The van der Waals surface area contributed by atoms with E-state index in [2.05, 4.69) is 20.8 Å². The van der Waals surface area contributed by atoms with E-state index in [1.165, 1.54) is 39.5 Å². The fraction of sp³-hybridized carbons (Fsp3) is 0.350. The molecule has 1 atom stereocenters. The maximum atomic E-state index is 12.6. The third kappa shape index (κ3) is 5.49. The smallest absolute Gasteiger partial charge is 0.243 e. The normalized spacial score (nSPS) is 15.5. The van der Waals surface area contributed by atoms with Gasteiger partial charge in [-0.15, -0.1) is 10.2 Å². The highest BCUT2D eigenvalue weighted by atomic mass is 32.2. The van der Waals surface area contributed by atoms with Crippen LogP contribution in [-0.4, -0.2) is 47.2 Å². The standard InChI is InChI=1S/C20H23N5O4S3/c1-14(30-20-24-23-19(31-20)21-13-16-5-4-12-29-16)18(26)22-15-6-8-17(9-7-15)32(27,28)25-10-2-3-11-25/h4-9,12,14H,2-3,10-11,13H2,1H3,(H,21,23)(H,22,26)/t14-/m1/s1. The van der Waals surface area contributed by atoms with Crippen molar-refractivity contribution >= 4 is 49.8 Å². The van der Waals surface area contributed by atoms with Crippen LogP contribution in [0.2, 0.25) is 0 Å². The van der Waals surface area contributed by atoms with Crippen LogP contribution in [0.4, 0.5) is 10.8 Å². The van der Waals surface area contributed by atoms with Crippen LogP contribution >= 0.6 is 23.1 Å². The summed E-state index contributed by atoms with van der Waals surface area (Å²) in [4.78, 5) is 12.8. The number of rotatable bonds is 9. The highest BCUT2D eigenvalue weighted by Crippen LogP contribution is 2.30. The van der Waals surface area contributed by atoms with Crippen molar-refractivity contribution in [3.05, 3.63) is 48.4 Å². The van der Waals surface area contributed by atoms with Crippen LogP contribution in [0, 0.1) is 0 Å². The zero-order valence-corrected chi connectivity index (χ0v) is 19.8. The van der Waals surface area contributed by atoms with Crippen LogP contribution in [0.5, 0.6) is 0 Å². The minimum atomic E-state index is -3.47. The lowest BCUT2D eigenvalue weighted by Gasteiger charge is -2.16. The van der Waals surface area contributed by atoms with Crippen molar-refractivity contribution < 1.29 is 17.6 Å². The molecule has 9 nitrogen and oxygen atoms in total. The Morgan fingerprint density at radius 2 is 1.97 bits per heavy atom. The van der Waals surface area contributed by atoms with Crippen LogP contribution in [0.15, 0.2) is 56.3 Å². The van der Waals surface area contributed by atoms with E-state index in [1.807, 2.05) is 12.1 Å². The second-order valence-electron chi connectivity index (χ2n) is 7.19. The summed E-state index contributed by atoms with van der Waals surface area (Å²) in [5.41, 5.74) is 0.542. The number of nitrogens with zero attached hydrogens (tertiary/aromatic N) is 3. The summed E-state index contributed by atoms with van der Waals surface area (Å²) < 4.78 is 32.6. The molecule has 3 aromatic rings. The molecule has 0 radical (unpaired) electrons. The van der Waals surface area contributed by atoms with Crippen molar-refractivity contribution in [1.29, 1.82) is 0 Å². The summed E-state index contributed by atoms with van der Waals surface area (Å²) in [7, 11) is -3.47. The van der Waals surface area contributed by atoms with Gasteiger partial charge in [-0.25, -0.2) is 8.42 Å². The highest BCUT2D eigenvalue weighted by molar-refractivity contribution is 8.02. The molecule has 1 fully saturated rings. The second-order valence-corrected chi connectivity index (χ2v) is 11.7. The van der Waals surface area contributed by atoms with E-state index < -0.39 is 15.3 Å². The number of thioether (sulfide) groups is 1. The first-order valence-electron chi connectivity index (χ1n) is 10.1. The van der Waals surface area contributed by atoms with Gasteiger partial charge in [0.15, 0.2) is 4.34 Å². The number of aromatic nitrogens is 2. The van der Waals surface area contributed by atoms with Crippen molar-refractivity contribution in [2.45, 2.75) is 40.8 Å². The number of sulfonamides is 1. The van der Waals surface area contributed by atoms with Gasteiger partial charge in [-0.05, 0) is 56.2 Å². The number of carbonyl (C=O) groups excluding carboxylic acids is 1. The first-order chi connectivity index (χ1) is 15.4. The Hall–Kier alpha value is -2.41. The lowest BCUT2D eigenvalue weighted by molar-refractivity contribution is -0.115. The van der Waals surface area contributed by atoms with Gasteiger partial charge in [0, 0.05) is 18.8 Å². The summed E-state index contributed by atoms with van der Waals surface area (Å²) in [5, 5.41) is 14.4. The molecule has 1 aliphatic heterocycles. The summed E-state index contributed by atoms with van der Waals surface area (Å²) in [5.74, 6) is 0.590. The van der Waals surface area contributed by atoms with Crippen LogP contribution in [0.25, 0.3) is 0 Å². The fourth-order valence-electron chi connectivity index (χ4n) is 3.14. The summed E-state index contributed by atoms with van der Waals surface area (Å²) >= 11 is 2.67. The molecular weight excluding hydrogens is 470 g/mol. The maximum Gasteiger partial charge on any atom is 0.243 e. The average molecular weight is 494 g/mol. The largest absolute Gasteiger partial charge is 0.467 e. The molecule has 1 saturated heterocycles. The van der Waals surface area contributed by atoms with E-state index in [1.54, 1.807) is 25.3 Å². The highest BCUT2D eigenvalue weighted by Gasteiger charge is 2.27. The molecule has 1 aliphatic rings. The zero-order chi connectivity index (χ0) is 22.6. The van der Waals surface area contributed by atoms with E-state index in [9.17, 15) is 13.2 Å².